The van der Waals surface area contributed by atoms with Crippen molar-refractivity contribution in [1.82, 2.24) is 4.90 Å². The van der Waals surface area contributed by atoms with Gasteiger partial charge in [-0.25, -0.2) is 0 Å². The average Bonchev–Trinajstić information content (AvgIpc) is 2.46. The molecule has 0 aromatic heterocycles. The summed E-state index contributed by atoms with van der Waals surface area (Å²) in [6.07, 6.45) is 7.42. The van der Waals surface area contributed by atoms with Crippen molar-refractivity contribution < 1.29 is 4.74 Å². The molecule has 0 radical (unpaired) electrons. The molecule has 0 aromatic rings. The first-order chi connectivity index (χ1) is 6.77. The van der Waals surface area contributed by atoms with Crippen LogP contribution in [0.2, 0.25) is 0 Å². The van der Waals surface area contributed by atoms with Crippen molar-refractivity contribution in [3.05, 3.63) is 0 Å². The highest BCUT2D eigenvalue weighted by atomic mass is 16.5. The van der Waals surface area contributed by atoms with Crippen molar-refractivity contribution in [2.75, 3.05) is 13.2 Å². The van der Waals surface area contributed by atoms with E-state index >= 15 is 0 Å². The second kappa shape index (κ2) is 4.63. The van der Waals surface area contributed by atoms with E-state index in [4.69, 9.17) is 4.74 Å². The van der Waals surface area contributed by atoms with Crippen LogP contribution >= 0.6 is 0 Å². The van der Waals surface area contributed by atoms with Gasteiger partial charge in [0.05, 0.1) is 12.7 Å². The molecule has 0 aromatic carbocycles. The van der Waals surface area contributed by atoms with Gasteiger partial charge in [0.2, 0.25) is 0 Å². The SMILES string of the molecule is CC(C)OC[C@@H]1CCCN1C1CCC1. The Morgan fingerprint density at radius 1 is 1.21 bits per heavy atom. The van der Waals surface area contributed by atoms with Crippen molar-refractivity contribution >= 4 is 0 Å². The van der Waals surface area contributed by atoms with E-state index in [1.165, 1.54) is 38.6 Å². The molecule has 0 spiro atoms. The maximum absolute atomic E-state index is 5.73. The fraction of sp³-hybridized carbons (Fsp3) is 1.00. The zero-order valence-corrected chi connectivity index (χ0v) is 9.54. The molecule has 1 atom stereocenters. The van der Waals surface area contributed by atoms with Gasteiger partial charge in [-0.05, 0) is 46.1 Å². The Hall–Kier alpha value is -0.0800. The van der Waals surface area contributed by atoms with Crippen LogP contribution in [0.25, 0.3) is 0 Å². The van der Waals surface area contributed by atoms with Gasteiger partial charge in [-0.3, -0.25) is 4.90 Å². The van der Waals surface area contributed by atoms with Crippen LogP contribution in [0.3, 0.4) is 0 Å². The topological polar surface area (TPSA) is 12.5 Å². The van der Waals surface area contributed by atoms with Crippen LogP contribution in [-0.2, 0) is 4.74 Å². The summed E-state index contributed by atoms with van der Waals surface area (Å²) in [5.41, 5.74) is 0. The van der Waals surface area contributed by atoms with E-state index in [1.807, 2.05) is 0 Å². The average molecular weight is 197 g/mol. The Balaban J connectivity index is 1.77. The highest BCUT2D eigenvalue weighted by molar-refractivity contribution is 4.88. The lowest BCUT2D eigenvalue weighted by Gasteiger charge is -2.38. The molecule has 2 rings (SSSR count). The summed E-state index contributed by atoms with van der Waals surface area (Å²) in [6.45, 7) is 6.52. The minimum atomic E-state index is 0.388. The van der Waals surface area contributed by atoms with Gasteiger partial charge in [0.15, 0.2) is 0 Å². The van der Waals surface area contributed by atoms with E-state index < -0.39 is 0 Å². The highest BCUT2D eigenvalue weighted by Crippen LogP contribution is 2.31. The van der Waals surface area contributed by atoms with Gasteiger partial charge in [-0.15, -0.1) is 0 Å². The molecule has 1 aliphatic carbocycles. The fourth-order valence-electron chi connectivity index (χ4n) is 2.54. The number of likely N-dealkylation sites (tertiary alicyclic amines) is 1. The molecule has 1 aliphatic heterocycles. The third-order valence-corrected chi connectivity index (χ3v) is 3.59. The first-order valence-electron chi connectivity index (χ1n) is 6.14. The van der Waals surface area contributed by atoms with Crippen LogP contribution in [0.4, 0.5) is 0 Å². The van der Waals surface area contributed by atoms with Gasteiger partial charge < -0.3 is 4.74 Å². The molecule has 1 saturated heterocycles. The second-order valence-corrected chi connectivity index (χ2v) is 5.00. The summed E-state index contributed by atoms with van der Waals surface area (Å²) in [7, 11) is 0. The Morgan fingerprint density at radius 3 is 2.57 bits per heavy atom. The van der Waals surface area contributed by atoms with Gasteiger partial charge in [-0.1, -0.05) is 6.42 Å². The van der Waals surface area contributed by atoms with Gasteiger partial charge in [-0.2, -0.15) is 0 Å². The lowest BCUT2D eigenvalue weighted by atomic mass is 9.91. The maximum atomic E-state index is 5.73. The van der Waals surface area contributed by atoms with E-state index in [0.29, 0.717) is 6.10 Å². The normalized spacial score (nSPS) is 29.8. The van der Waals surface area contributed by atoms with Gasteiger partial charge >= 0.3 is 0 Å². The molecular formula is C12H23NO. The number of nitrogens with zero attached hydrogens (tertiary/aromatic N) is 1. The number of hydrogen-bond donors (Lipinski definition) is 0. The van der Waals surface area contributed by atoms with Crippen LogP contribution in [0, 0.1) is 0 Å². The monoisotopic (exact) mass is 197 g/mol. The van der Waals surface area contributed by atoms with Gasteiger partial charge in [0, 0.05) is 12.1 Å². The molecule has 1 saturated carbocycles. The third-order valence-electron chi connectivity index (χ3n) is 3.59. The van der Waals surface area contributed by atoms with Crippen molar-refractivity contribution in [1.29, 1.82) is 0 Å². The number of hydrogen-bond acceptors (Lipinski definition) is 2. The minimum Gasteiger partial charge on any atom is -0.377 e. The molecule has 0 unspecified atom stereocenters. The number of ether oxygens (including phenoxy) is 1. The maximum Gasteiger partial charge on any atom is 0.0625 e. The molecule has 14 heavy (non-hydrogen) atoms. The fourth-order valence-corrected chi connectivity index (χ4v) is 2.54. The van der Waals surface area contributed by atoms with Crippen LogP contribution in [-0.4, -0.2) is 36.2 Å². The molecule has 1 heterocycles. The van der Waals surface area contributed by atoms with E-state index in [0.717, 1.165) is 18.7 Å². The quantitative estimate of drug-likeness (QED) is 0.686. The van der Waals surface area contributed by atoms with Crippen molar-refractivity contribution in [2.24, 2.45) is 0 Å². The summed E-state index contributed by atoms with van der Waals surface area (Å²) >= 11 is 0. The molecule has 0 N–H and O–H groups in total. The van der Waals surface area contributed by atoms with Crippen LogP contribution in [0.15, 0.2) is 0 Å². The summed E-state index contributed by atoms with van der Waals surface area (Å²) in [5, 5.41) is 0. The first-order valence-corrected chi connectivity index (χ1v) is 6.14. The van der Waals surface area contributed by atoms with E-state index in [-0.39, 0.29) is 0 Å². The summed E-state index contributed by atoms with van der Waals surface area (Å²) in [5.74, 6) is 0. The Bertz CT molecular complexity index is 177. The van der Waals surface area contributed by atoms with E-state index in [1.54, 1.807) is 0 Å². The summed E-state index contributed by atoms with van der Waals surface area (Å²) in [6, 6.07) is 1.63. The van der Waals surface area contributed by atoms with Gasteiger partial charge in [0.1, 0.15) is 0 Å². The second-order valence-electron chi connectivity index (χ2n) is 5.00. The molecule has 0 bridgehead atoms. The van der Waals surface area contributed by atoms with E-state index in [9.17, 15) is 0 Å². The standard InChI is InChI=1S/C12H23NO/c1-10(2)14-9-12-7-4-8-13(12)11-5-3-6-11/h10-12H,3-9H2,1-2H3/t12-/m0/s1. The van der Waals surface area contributed by atoms with Crippen molar-refractivity contribution in [3.8, 4) is 0 Å². The Morgan fingerprint density at radius 2 is 2.00 bits per heavy atom. The molecule has 0 amide bonds. The number of rotatable bonds is 4. The lowest BCUT2D eigenvalue weighted by molar-refractivity contribution is 0.0133. The zero-order valence-electron chi connectivity index (χ0n) is 9.54. The molecular weight excluding hydrogens is 174 g/mol. The van der Waals surface area contributed by atoms with E-state index in [2.05, 4.69) is 18.7 Å². The first kappa shape index (κ1) is 10.4. The largest absolute Gasteiger partial charge is 0.377 e. The molecule has 2 heteroatoms. The summed E-state index contributed by atoms with van der Waals surface area (Å²) in [4.78, 5) is 2.70. The predicted octanol–water partition coefficient (Wildman–Crippen LogP) is 2.43. The summed E-state index contributed by atoms with van der Waals surface area (Å²) < 4.78 is 5.73. The van der Waals surface area contributed by atoms with Crippen LogP contribution in [0.5, 0.6) is 0 Å². The molecule has 2 aliphatic rings. The third kappa shape index (κ3) is 2.29. The predicted molar refractivity (Wildman–Crippen MR) is 58.5 cm³/mol. The smallest absolute Gasteiger partial charge is 0.0625 e. The van der Waals surface area contributed by atoms with Crippen LogP contribution < -0.4 is 0 Å². The minimum absolute atomic E-state index is 0.388. The lowest BCUT2D eigenvalue weighted by Crippen LogP contribution is -2.45. The Labute approximate surface area is 87.6 Å². The van der Waals surface area contributed by atoms with Gasteiger partial charge in [0.25, 0.3) is 0 Å². The molecule has 2 nitrogen and oxygen atoms in total. The molecule has 2 fully saturated rings. The van der Waals surface area contributed by atoms with Crippen molar-refractivity contribution in [3.63, 3.8) is 0 Å². The highest BCUT2D eigenvalue weighted by Gasteiger charge is 2.33. The van der Waals surface area contributed by atoms with Crippen molar-refractivity contribution in [2.45, 2.75) is 64.1 Å². The molecule has 82 valence electrons. The zero-order chi connectivity index (χ0) is 9.97. The Kier molecular flexibility index (Phi) is 3.45. The van der Waals surface area contributed by atoms with Crippen LogP contribution in [0.1, 0.15) is 46.0 Å².